The Bertz CT molecular complexity index is 937. The van der Waals surface area contributed by atoms with Gasteiger partial charge in [0.1, 0.15) is 0 Å². The van der Waals surface area contributed by atoms with Crippen LogP contribution in [0.2, 0.25) is 0 Å². The average Bonchev–Trinajstić information content (AvgIpc) is 2.97. The van der Waals surface area contributed by atoms with Crippen LogP contribution in [0.5, 0.6) is 11.5 Å². The largest absolute Gasteiger partial charge is 0.493 e. The Morgan fingerprint density at radius 2 is 1.85 bits per heavy atom. The van der Waals surface area contributed by atoms with Crippen molar-refractivity contribution in [2.75, 3.05) is 26.1 Å². The minimum Gasteiger partial charge on any atom is -0.493 e. The molecular weight excluding hydrogens is 455 g/mol. The lowest BCUT2D eigenvalue weighted by molar-refractivity contribution is 0.355. The molecule has 0 fully saturated rings. The number of H-pyrrole nitrogens is 1. The highest BCUT2D eigenvalue weighted by Crippen LogP contribution is 2.29. The average molecular weight is 480 g/mol. The Labute approximate surface area is 176 Å². The first-order valence-corrected chi connectivity index (χ1v) is 8.47. The topological polar surface area (TPSA) is 84.7 Å². The predicted molar refractivity (Wildman–Crippen MR) is 122 cm³/mol. The maximum absolute atomic E-state index is 6.02. The first-order valence-electron chi connectivity index (χ1n) is 8.47. The number of guanidine groups is 1. The quantitative estimate of drug-likeness (QED) is 0.282. The molecule has 1 heterocycles. The normalized spacial score (nSPS) is 11.1. The second-order valence-electron chi connectivity index (χ2n) is 5.99. The van der Waals surface area contributed by atoms with Crippen LogP contribution in [0, 0.1) is 6.92 Å². The molecule has 0 unspecified atom stereocenters. The van der Waals surface area contributed by atoms with Crippen molar-refractivity contribution in [1.29, 1.82) is 0 Å². The maximum atomic E-state index is 6.02. The van der Waals surface area contributed by atoms with Gasteiger partial charge in [0.15, 0.2) is 17.5 Å². The van der Waals surface area contributed by atoms with Gasteiger partial charge < -0.3 is 25.5 Å². The molecule has 4 N–H and O–H groups in total. The van der Waals surface area contributed by atoms with Gasteiger partial charge in [-0.2, -0.15) is 0 Å². The number of nitrogens with two attached hydrogens (primary N) is 1. The molecule has 6 nitrogen and oxygen atoms in total. The number of aromatic nitrogens is 1. The SMILES string of the molecule is COc1ccc(NC(N)=NCCc2c(C)[nH]c3ccccc23)cc1OC.I. The summed E-state index contributed by atoms with van der Waals surface area (Å²) < 4.78 is 10.5. The first kappa shape index (κ1) is 20.9. The summed E-state index contributed by atoms with van der Waals surface area (Å²) in [4.78, 5) is 7.85. The Kier molecular flexibility index (Phi) is 7.35. The predicted octanol–water partition coefficient (Wildman–Crippen LogP) is 4.08. The van der Waals surface area contributed by atoms with Crippen LogP contribution in [0.4, 0.5) is 5.69 Å². The third kappa shape index (κ3) is 4.85. The molecule has 0 aliphatic heterocycles. The third-order valence-corrected chi connectivity index (χ3v) is 4.33. The van der Waals surface area contributed by atoms with Crippen molar-refractivity contribution in [3.05, 3.63) is 53.7 Å². The van der Waals surface area contributed by atoms with E-state index in [0.29, 0.717) is 24.0 Å². The molecule has 0 aliphatic rings. The van der Waals surface area contributed by atoms with Crippen LogP contribution in [-0.2, 0) is 6.42 Å². The molecule has 0 amide bonds. The highest BCUT2D eigenvalue weighted by atomic mass is 127. The summed E-state index contributed by atoms with van der Waals surface area (Å²) in [5.41, 5.74) is 10.4. The van der Waals surface area contributed by atoms with E-state index in [2.05, 4.69) is 40.4 Å². The molecule has 1 aromatic heterocycles. The number of aliphatic imine (C=N–C) groups is 1. The fraction of sp³-hybridized carbons (Fsp3) is 0.250. The fourth-order valence-electron chi connectivity index (χ4n) is 3.05. The van der Waals surface area contributed by atoms with E-state index in [0.717, 1.165) is 17.6 Å². The Hall–Kier alpha value is -2.42. The van der Waals surface area contributed by atoms with Crippen LogP contribution in [0.3, 0.4) is 0 Å². The van der Waals surface area contributed by atoms with Gasteiger partial charge in [-0.3, -0.25) is 4.99 Å². The molecule has 0 bridgehead atoms. The highest BCUT2D eigenvalue weighted by Gasteiger charge is 2.08. The van der Waals surface area contributed by atoms with Gasteiger partial charge in [0.25, 0.3) is 0 Å². The fourth-order valence-corrected chi connectivity index (χ4v) is 3.05. The van der Waals surface area contributed by atoms with E-state index in [-0.39, 0.29) is 24.0 Å². The van der Waals surface area contributed by atoms with Crippen molar-refractivity contribution in [1.82, 2.24) is 4.98 Å². The van der Waals surface area contributed by atoms with Crippen LogP contribution in [-0.4, -0.2) is 31.7 Å². The maximum Gasteiger partial charge on any atom is 0.193 e. The number of nitrogens with zero attached hydrogens (tertiary/aromatic N) is 1. The summed E-state index contributed by atoms with van der Waals surface area (Å²) >= 11 is 0. The molecule has 0 radical (unpaired) electrons. The second kappa shape index (κ2) is 9.50. The van der Waals surface area contributed by atoms with Crippen LogP contribution < -0.4 is 20.5 Å². The zero-order chi connectivity index (χ0) is 18.5. The molecule has 7 heteroatoms. The molecule has 3 aromatic rings. The lowest BCUT2D eigenvalue weighted by atomic mass is 10.1. The number of methoxy groups -OCH3 is 2. The minimum atomic E-state index is 0. The number of anilines is 1. The molecule has 0 atom stereocenters. The molecule has 0 saturated carbocycles. The van der Waals surface area contributed by atoms with Crippen molar-refractivity contribution < 1.29 is 9.47 Å². The van der Waals surface area contributed by atoms with Crippen molar-refractivity contribution in [2.45, 2.75) is 13.3 Å². The molecule has 27 heavy (non-hydrogen) atoms. The van der Waals surface area contributed by atoms with Gasteiger partial charge in [-0.15, -0.1) is 24.0 Å². The van der Waals surface area contributed by atoms with Gasteiger partial charge in [0.05, 0.1) is 14.2 Å². The molecular formula is C20H25IN4O2. The number of rotatable bonds is 6. The monoisotopic (exact) mass is 480 g/mol. The number of fused-ring (bicyclic) bond motifs is 1. The summed E-state index contributed by atoms with van der Waals surface area (Å²) in [7, 11) is 3.20. The molecule has 0 aliphatic carbocycles. The smallest absolute Gasteiger partial charge is 0.193 e. The number of aromatic amines is 1. The molecule has 0 saturated heterocycles. The van der Waals surface area contributed by atoms with E-state index in [1.165, 1.54) is 16.6 Å². The van der Waals surface area contributed by atoms with E-state index >= 15 is 0 Å². The Balaban J connectivity index is 0.00000261. The van der Waals surface area contributed by atoms with Crippen molar-refractivity contribution in [2.24, 2.45) is 10.7 Å². The van der Waals surface area contributed by atoms with Crippen LogP contribution in [0.25, 0.3) is 10.9 Å². The minimum absolute atomic E-state index is 0. The van der Waals surface area contributed by atoms with Gasteiger partial charge >= 0.3 is 0 Å². The number of ether oxygens (including phenoxy) is 2. The third-order valence-electron chi connectivity index (χ3n) is 4.33. The van der Waals surface area contributed by atoms with E-state index in [4.69, 9.17) is 15.2 Å². The zero-order valence-corrected chi connectivity index (χ0v) is 18.0. The number of hydrogen-bond donors (Lipinski definition) is 3. The summed E-state index contributed by atoms with van der Waals surface area (Å²) in [5.74, 6) is 1.68. The number of nitrogens with one attached hydrogen (secondary N) is 2. The van der Waals surface area contributed by atoms with Gasteiger partial charge in [0, 0.05) is 34.9 Å². The van der Waals surface area contributed by atoms with E-state index in [1.54, 1.807) is 14.2 Å². The van der Waals surface area contributed by atoms with Crippen LogP contribution in [0.1, 0.15) is 11.3 Å². The molecule has 3 rings (SSSR count). The summed E-state index contributed by atoms with van der Waals surface area (Å²) in [6.45, 7) is 2.69. The number of hydrogen-bond acceptors (Lipinski definition) is 3. The van der Waals surface area contributed by atoms with Gasteiger partial charge in [-0.1, -0.05) is 18.2 Å². The number of benzene rings is 2. The van der Waals surface area contributed by atoms with Crippen molar-refractivity contribution in [3.63, 3.8) is 0 Å². The summed E-state index contributed by atoms with van der Waals surface area (Å²) in [6, 6.07) is 13.8. The Morgan fingerprint density at radius 1 is 1.11 bits per heavy atom. The highest BCUT2D eigenvalue weighted by molar-refractivity contribution is 14.0. The Morgan fingerprint density at radius 3 is 2.59 bits per heavy atom. The van der Waals surface area contributed by atoms with E-state index < -0.39 is 0 Å². The summed E-state index contributed by atoms with van der Waals surface area (Å²) in [6.07, 6.45) is 0.824. The number of para-hydroxylation sites is 1. The van der Waals surface area contributed by atoms with Gasteiger partial charge in [-0.25, -0.2) is 0 Å². The summed E-state index contributed by atoms with van der Waals surface area (Å²) in [5, 5.41) is 4.33. The van der Waals surface area contributed by atoms with Gasteiger partial charge in [-0.05, 0) is 37.1 Å². The lowest BCUT2D eigenvalue weighted by Gasteiger charge is -2.11. The molecule has 2 aromatic carbocycles. The molecule has 0 spiro atoms. The second-order valence-corrected chi connectivity index (χ2v) is 5.99. The van der Waals surface area contributed by atoms with Gasteiger partial charge in [0.2, 0.25) is 0 Å². The van der Waals surface area contributed by atoms with Crippen molar-refractivity contribution in [3.8, 4) is 11.5 Å². The van der Waals surface area contributed by atoms with E-state index in [9.17, 15) is 0 Å². The number of aryl methyl sites for hydroxylation is 1. The standard InChI is InChI=1S/C20H24N4O2.HI/c1-13-15(16-6-4-5-7-17(16)23-13)10-11-22-20(21)24-14-8-9-18(25-2)19(12-14)26-3;/h4-9,12,23H,10-11H2,1-3H3,(H3,21,22,24);1H. The zero-order valence-electron chi connectivity index (χ0n) is 15.7. The number of halogens is 1. The molecule has 144 valence electrons. The van der Waals surface area contributed by atoms with E-state index in [1.807, 2.05) is 24.3 Å². The van der Waals surface area contributed by atoms with Crippen LogP contribution >= 0.6 is 24.0 Å². The lowest BCUT2D eigenvalue weighted by Crippen LogP contribution is -2.23. The van der Waals surface area contributed by atoms with Crippen LogP contribution in [0.15, 0.2) is 47.5 Å². The first-order chi connectivity index (χ1) is 12.6. The van der Waals surface area contributed by atoms with Crippen molar-refractivity contribution >= 4 is 46.5 Å².